The number of carbonyl (C=O) groups excluding carboxylic acids is 2. The van der Waals surface area contributed by atoms with E-state index in [4.69, 9.17) is 9.47 Å². The Balaban J connectivity index is 1.17. The molecule has 0 radical (unpaired) electrons. The maximum absolute atomic E-state index is 12.8. The standard InChI is InChI=1S/C45H36N2O4/c1-50-37-25-11-31(12-26-37)15-29-43(48)46-35-21-17-33(18-22-35)45(41-9-5-3-7-39(41)40-8-4-6-10-42(40)45)34-19-23-36(24-20-34)47-44(49)30-16-32-13-27-38(51-2)28-14-32/h3-30H,1-2H3,(H,46,48)(H,47,49)/b29-15+,30-16+. The molecule has 2 amide bonds. The third kappa shape index (κ3) is 6.67. The molecule has 0 bridgehead atoms. The molecule has 6 aromatic carbocycles. The lowest BCUT2D eigenvalue weighted by Crippen LogP contribution is -2.28. The normalized spacial score (nSPS) is 12.7. The molecule has 1 aliphatic rings. The molecule has 0 atom stereocenters. The van der Waals surface area contributed by atoms with Crippen LogP contribution < -0.4 is 20.1 Å². The van der Waals surface area contributed by atoms with Crippen molar-refractivity contribution < 1.29 is 19.1 Å². The second kappa shape index (κ2) is 14.4. The van der Waals surface area contributed by atoms with Gasteiger partial charge in [0, 0.05) is 23.5 Å². The van der Waals surface area contributed by atoms with E-state index in [2.05, 4.69) is 83.4 Å². The van der Waals surface area contributed by atoms with Crippen LogP contribution in [0.25, 0.3) is 23.3 Å². The number of rotatable bonds is 10. The van der Waals surface area contributed by atoms with E-state index in [-0.39, 0.29) is 11.8 Å². The van der Waals surface area contributed by atoms with Crippen LogP contribution in [0.2, 0.25) is 0 Å². The summed E-state index contributed by atoms with van der Waals surface area (Å²) in [6.45, 7) is 0. The summed E-state index contributed by atoms with van der Waals surface area (Å²) in [6.07, 6.45) is 6.59. The van der Waals surface area contributed by atoms with Crippen LogP contribution in [0.3, 0.4) is 0 Å². The van der Waals surface area contributed by atoms with E-state index in [0.29, 0.717) is 11.4 Å². The maximum atomic E-state index is 12.8. The van der Waals surface area contributed by atoms with Gasteiger partial charge in [-0.1, -0.05) is 97.1 Å². The topological polar surface area (TPSA) is 76.7 Å². The fraction of sp³-hybridized carbons (Fsp3) is 0.0667. The molecule has 6 aromatic rings. The minimum atomic E-state index is -0.624. The number of anilines is 2. The fourth-order valence-electron chi connectivity index (χ4n) is 6.77. The first-order valence-corrected chi connectivity index (χ1v) is 16.6. The van der Waals surface area contributed by atoms with Gasteiger partial charge in [-0.15, -0.1) is 0 Å². The Kier molecular flexibility index (Phi) is 9.31. The Morgan fingerprint density at radius 2 is 0.863 bits per heavy atom. The molecule has 250 valence electrons. The number of ether oxygens (including phenoxy) is 2. The van der Waals surface area contributed by atoms with Gasteiger partial charge in [0.15, 0.2) is 0 Å². The smallest absolute Gasteiger partial charge is 0.248 e. The highest BCUT2D eigenvalue weighted by molar-refractivity contribution is 6.02. The van der Waals surface area contributed by atoms with Crippen molar-refractivity contribution in [1.29, 1.82) is 0 Å². The Hall–Kier alpha value is -6.66. The lowest BCUT2D eigenvalue weighted by atomic mass is 9.67. The van der Waals surface area contributed by atoms with Crippen LogP contribution >= 0.6 is 0 Å². The van der Waals surface area contributed by atoms with Crippen molar-refractivity contribution >= 4 is 35.3 Å². The van der Waals surface area contributed by atoms with E-state index in [9.17, 15) is 9.59 Å². The number of amides is 2. The SMILES string of the molecule is COc1ccc(/C=C/C(=O)Nc2ccc(C3(c4ccc(NC(=O)/C=C/c5ccc(OC)cc5)cc4)c4ccccc4-c4ccccc43)cc2)cc1. The molecule has 6 nitrogen and oxygen atoms in total. The highest BCUT2D eigenvalue weighted by Crippen LogP contribution is 2.56. The summed E-state index contributed by atoms with van der Waals surface area (Å²) < 4.78 is 10.4. The zero-order chi connectivity index (χ0) is 35.2. The molecule has 0 saturated carbocycles. The van der Waals surface area contributed by atoms with Crippen molar-refractivity contribution in [2.45, 2.75) is 5.41 Å². The van der Waals surface area contributed by atoms with Gasteiger partial charge in [0.25, 0.3) is 0 Å². The van der Waals surface area contributed by atoms with Crippen molar-refractivity contribution in [2.75, 3.05) is 24.9 Å². The summed E-state index contributed by atoms with van der Waals surface area (Å²) in [4.78, 5) is 25.7. The van der Waals surface area contributed by atoms with E-state index in [1.807, 2.05) is 72.8 Å². The van der Waals surface area contributed by atoms with Gasteiger partial charge < -0.3 is 20.1 Å². The molecule has 0 aromatic heterocycles. The average molecular weight is 669 g/mol. The lowest BCUT2D eigenvalue weighted by molar-refractivity contribution is -0.112. The molecule has 6 heteroatoms. The summed E-state index contributed by atoms with van der Waals surface area (Å²) in [5, 5.41) is 5.99. The average Bonchev–Trinajstić information content (AvgIpc) is 3.48. The second-order valence-electron chi connectivity index (χ2n) is 12.2. The molecular weight excluding hydrogens is 633 g/mol. The monoisotopic (exact) mass is 668 g/mol. The molecule has 1 aliphatic carbocycles. The van der Waals surface area contributed by atoms with Gasteiger partial charge in [0.05, 0.1) is 19.6 Å². The van der Waals surface area contributed by atoms with Crippen LogP contribution in [0.1, 0.15) is 33.4 Å². The number of nitrogens with one attached hydrogen (secondary N) is 2. The van der Waals surface area contributed by atoms with Gasteiger partial charge in [-0.2, -0.15) is 0 Å². The summed E-state index contributed by atoms with van der Waals surface area (Å²) in [6, 6.07) is 48.2. The molecule has 0 aliphatic heterocycles. The highest BCUT2D eigenvalue weighted by atomic mass is 16.5. The van der Waals surface area contributed by atoms with Crippen LogP contribution in [0.5, 0.6) is 11.5 Å². The largest absolute Gasteiger partial charge is 0.497 e. The molecule has 0 spiro atoms. The quantitative estimate of drug-likeness (QED) is 0.143. The van der Waals surface area contributed by atoms with Gasteiger partial charge in [0.1, 0.15) is 11.5 Å². The Morgan fingerprint density at radius 3 is 1.24 bits per heavy atom. The minimum absolute atomic E-state index is 0.221. The van der Waals surface area contributed by atoms with Crippen LogP contribution in [-0.2, 0) is 15.0 Å². The number of carbonyl (C=O) groups is 2. The molecule has 2 N–H and O–H groups in total. The van der Waals surface area contributed by atoms with Crippen LogP contribution in [0, 0.1) is 0 Å². The van der Waals surface area contributed by atoms with Crippen LogP contribution in [0.4, 0.5) is 11.4 Å². The third-order valence-corrected chi connectivity index (χ3v) is 9.21. The molecule has 0 fully saturated rings. The highest BCUT2D eigenvalue weighted by Gasteiger charge is 2.45. The molecule has 0 saturated heterocycles. The van der Waals surface area contributed by atoms with E-state index >= 15 is 0 Å². The van der Waals surface area contributed by atoms with E-state index < -0.39 is 5.41 Å². The Bertz CT molecular complexity index is 2070. The maximum Gasteiger partial charge on any atom is 0.248 e. The van der Waals surface area contributed by atoms with Crippen molar-refractivity contribution in [1.82, 2.24) is 0 Å². The van der Waals surface area contributed by atoms with Crippen LogP contribution in [-0.4, -0.2) is 26.0 Å². The van der Waals surface area contributed by atoms with Gasteiger partial charge in [-0.25, -0.2) is 0 Å². The predicted molar refractivity (Wildman–Crippen MR) is 205 cm³/mol. The van der Waals surface area contributed by atoms with E-state index in [0.717, 1.165) is 33.8 Å². The van der Waals surface area contributed by atoms with E-state index in [1.165, 1.54) is 34.4 Å². The first-order valence-electron chi connectivity index (χ1n) is 16.6. The molecular formula is C45H36N2O4. The summed E-state index contributed by atoms with van der Waals surface area (Å²) in [5.74, 6) is 1.08. The minimum Gasteiger partial charge on any atom is -0.497 e. The van der Waals surface area contributed by atoms with Gasteiger partial charge in [-0.05, 0) is 105 Å². The summed E-state index contributed by atoms with van der Waals surface area (Å²) in [5.41, 5.74) is 9.38. The van der Waals surface area contributed by atoms with Crippen molar-refractivity contribution in [3.05, 3.63) is 191 Å². The zero-order valence-corrected chi connectivity index (χ0v) is 28.3. The number of hydrogen-bond donors (Lipinski definition) is 2. The summed E-state index contributed by atoms with van der Waals surface area (Å²) >= 11 is 0. The number of hydrogen-bond acceptors (Lipinski definition) is 4. The third-order valence-electron chi connectivity index (χ3n) is 9.21. The summed E-state index contributed by atoms with van der Waals surface area (Å²) in [7, 11) is 3.25. The first-order chi connectivity index (χ1) is 25.0. The van der Waals surface area contributed by atoms with E-state index in [1.54, 1.807) is 26.4 Å². The fourth-order valence-corrected chi connectivity index (χ4v) is 6.77. The Labute approximate surface area is 297 Å². The number of methoxy groups -OCH3 is 2. The van der Waals surface area contributed by atoms with Crippen LogP contribution in [0.15, 0.2) is 158 Å². The van der Waals surface area contributed by atoms with Gasteiger partial charge in [0.2, 0.25) is 11.8 Å². The second-order valence-corrected chi connectivity index (χ2v) is 12.2. The van der Waals surface area contributed by atoms with Gasteiger partial charge in [-0.3, -0.25) is 9.59 Å². The van der Waals surface area contributed by atoms with Crippen molar-refractivity contribution in [2.24, 2.45) is 0 Å². The Morgan fingerprint density at radius 1 is 0.490 bits per heavy atom. The van der Waals surface area contributed by atoms with Crippen molar-refractivity contribution in [3.8, 4) is 22.6 Å². The molecule has 7 rings (SSSR count). The molecule has 0 unspecified atom stereocenters. The number of fused-ring (bicyclic) bond motifs is 3. The number of benzene rings is 6. The predicted octanol–water partition coefficient (Wildman–Crippen LogP) is 9.37. The zero-order valence-electron chi connectivity index (χ0n) is 28.3. The lowest BCUT2D eigenvalue weighted by Gasteiger charge is -2.34. The first kappa shape index (κ1) is 32.9. The molecule has 51 heavy (non-hydrogen) atoms. The van der Waals surface area contributed by atoms with Crippen molar-refractivity contribution in [3.63, 3.8) is 0 Å². The molecule has 0 heterocycles. The van der Waals surface area contributed by atoms with Gasteiger partial charge >= 0.3 is 0 Å².